The van der Waals surface area contributed by atoms with Crippen molar-refractivity contribution in [2.75, 3.05) is 19.4 Å². The molecule has 2 aromatic carbocycles. The number of para-hydroxylation sites is 1. The average Bonchev–Trinajstić information content (AvgIpc) is 2.48. The summed E-state index contributed by atoms with van der Waals surface area (Å²) >= 11 is 0. The van der Waals surface area contributed by atoms with Gasteiger partial charge in [-0.15, -0.1) is 0 Å². The minimum absolute atomic E-state index is 0.142. The van der Waals surface area contributed by atoms with Gasteiger partial charge in [0.2, 0.25) is 0 Å². The lowest BCUT2D eigenvalue weighted by molar-refractivity contribution is 0.0955. The summed E-state index contributed by atoms with van der Waals surface area (Å²) in [5.41, 5.74) is 7.92. The number of benzene rings is 2. The number of rotatable bonds is 5. The monoisotopic (exact) mass is 270 g/mol. The van der Waals surface area contributed by atoms with Gasteiger partial charge in [0.25, 0.3) is 5.91 Å². The SMILES string of the molecule is COc1ccc(CCNC(=O)c2ccccc2N)cc1. The lowest BCUT2D eigenvalue weighted by Gasteiger charge is -2.08. The molecule has 4 nitrogen and oxygen atoms in total. The van der Waals surface area contributed by atoms with Gasteiger partial charge in [-0.25, -0.2) is 0 Å². The van der Waals surface area contributed by atoms with Crippen LogP contribution in [0.3, 0.4) is 0 Å². The largest absolute Gasteiger partial charge is 0.497 e. The van der Waals surface area contributed by atoms with E-state index in [0.29, 0.717) is 17.8 Å². The summed E-state index contributed by atoms with van der Waals surface area (Å²) in [6, 6.07) is 14.8. The number of hydrogen-bond acceptors (Lipinski definition) is 3. The Morgan fingerprint density at radius 3 is 2.50 bits per heavy atom. The molecule has 4 heteroatoms. The first-order valence-corrected chi connectivity index (χ1v) is 6.46. The fourth-order valence-corrected chi connectivity index (χ4v) is 1.91. The second kappa shape index (κ2) is 6.61. The lowest BCUT2D eigenvalue weighted by atomic mass is 10.1. The number of carbonyl (C=O) groups excluding carboxylic acids is 1. The quantitative estimate of drug-likeness (QED) is 0.819. The molecule has 0 bridgehead atoms. The van der Waals surface area contributed by atoms with Crippen molar-refractivity contribution in [2.24, 2.45) is 0 Å². The van der Waals surface area contributed by atoms with Gasteiger partial charge in [0, 0.05) is 12.2 Å². The van der Waals surface area contributed by atoms with Gasteiger partial charge in [-0.05, 0) is 36.2 Å². The number of amides is 1. The molecule has 0 radical (unpaired) electrons. The Morgan fingerprint density at radius 1 is 1.15 bits per heavy atom. The highest BCUT2D eigenvalue weighted by Crippen LogP contribution is 2.12. The van der Waals surface area contributed by atoms with E-state index < -0.39 is 0 Å². The maximum absolute atomic E-state index is 11.9. The first kappa shape index (κ1) is 13.9. The van der Waals surface area contributed by atoms with Crippen molar-refractivity contribution >= 4 is 11.6 Å². The highest BCUT2D eigenvalue weighted by molar-refractivity contribution is 5.99. The van der Waals surface area contributed by atoms with Gasteiger partial charge in [0.1, 0.15) is 5.75 Å². The molecular weight excluding hydrogens is 252 g/mol. The van der Waals surface area contributed by atoms with Crippen LogP contribution in [0.4, 0.5) is 5.69 Å². The van der Waals surface area contributed by atoms with Crippen LogP contribution in [-0.4, -0.2) is 19.6 Å². The normalized spacial score (nSPS) is 10.1. The Kier molecular flexibility index (Phi) is 4.60. The molecule has 2 rings (SSSR count). The molecule has 20 heavy (non-hydrogen) atoms. The van der Waals surface area contributed by atoms with Gasteiger partial charge in [0.05, 0.1) is 12.7 Å². The minimum Gasteiger partial charge on any atom is -0.497 e. The molecule has 0 heterocycles. The standard InChI is InChI=1S/C16H18N2O2/c1-20-13-8-6-12(7-9-13)10-11-18-16(19)14-4-2-3-5-15(14)17/h2-9H,10-11,17H2,1H3,(H,18,19). The molecule has 2 aromatic rings. The summed E-state index contributed by atoms with van der Waals surface area (Å²) in [7, 11) is 1.64. The second-order valence-corrected chi connectivity index (χ2v) is 4.44. The van der Waals surface area contributed by atoms with E-state index in [-0.39, 0.29) is 5.91 Å². The molecule has 0 fully saturated rings. The molecule has 0 aliphatic heterocycles. The lowest BCUT2D eigenvalue weighted by Crippen LogP contribution is -2.26. The van der Waals surface area contributed by atoms with Crippen molar-refractivity contribution in [3.63, 3.8) is 0 Å². The van der Waals surface area contributed by atoms with E-state index in [1.54, 1.807) is 25.3 Å². The van der Waals surface area contributed by atoms with Gasteiger partial charge in [0.15, 0.2) is 0 Å². The van der Waals surface area contributed by atoms with E-state index in [4.69, 9.17) is 10.5 Å². The third kappa shape index (κ3) is 3.51. The predicted molar refractivity (Wildman–Crippen MR) is 79.9 cm³/mol. The summed E-state index contributed by atoms with van der Waals surface area (Å²) in [5, 5.41) is 2.87. The van der Waals surface area contributed by atoms with E-state index in [1.165, 1.54) is 0 Å². The van der Waals surface area contributed by atoms with Crippen LogP contribution in [0.1, 0.15) is 15.9 Å². The third-order valence-corrected chi connectivity index (χ3v) is 3.06. The molecule has 0 atom stereocenters. The summed E-state index contributed by atoms with van der Waals surface area (Å²) < 4.78 is 5.10. The van der Waals surface area contributed by atoms with Gasteiger partial charge in [-0.2, -0.15) is 0 Å². The number of methoxy groups -OCH3 is 1. The fraction of sp³-hybridized carbons (Fsp3) is 0.188. The van der Waals surface area contributed by atoms with Gasteiger partial charge in [-0.1, -0.05) is 24.3 Å². The van der Waals surface area contributed by atoms with E-state index >= 15 is 0 Å². The topological polar surface area (TPSA) is 64.3 Å². The number of nitrogens with two attached hydrogens (primary N) is 1. The summed E-state index contributed by atoms with van der Waals surface area (Å²) in [5.74, 6) is 0.687. The molecule has 0 aliphatic rings. The van der Waals surface area contributed by atoms with Crippen LogP contribution in [0.2, 0.25) is 0 Å². The van der Waals surface area contributed by atoms with Crippen molar-refractivity contribution in [3.05, 3.63) is 59.7 Å². The molecule has 0 saturated heterocycles. The van der Waals surface area contributed by atoms with E-state index in [2.05, 4.69) is 5.32 Å². The van der Waals surface area contributed by atoms with Crippen LogP contribution in [-0.2, 0) is 6.42 Å². The molecule has 3 N–H and O–H groups in total. The summed E-state index contributed by atoms with van der Waals surface area (Å²) in [4.78, 5) is 11.9. The van der Waals surface area contributed by atoms with Crippen LogP contribution in [0.15, 0.2) is 48.5 Å². The Hall–Kier alpha value is -2.49. The van der Waals surface area contributed by atoms with Crippen LogP contribution in [0, 0.1) is 0 Å². The highest BCUT2D eigenvalue weighted by atomic mass is 16.5. The van der Waals surface area contributed by atoms with Crippen molar-refractivity contribution < 1.29 is 9.53 Å². The zero-order valence-corrected chi connectivity index (χ0v) is 11.4. The molecule has 0 aliphatic carbocycles. The van der Waals surface area contributed by atoms with Crippen LogP contribution in [0.5, 0.6) is 5.75 Å². The Morgan fingerprint density at radius 2 is 1.85 bits per heavy atom. The highest BCUT2D eigenvalue weighted by Gasteiger charge is 2.07. The molecule has 0 unspecified atom stereocenters. The van der Waals surface area contributed by atoms with E-state index in [1.807, 2.05) is 30.3 Å². The van der Waals surface area contributed by atoms with Crippen LogP contribution >= 0.6 is 0 Å². The molecular formula is C16H18N2O2. The minimum atomic E-state index is -0.142. The number of anilines is 1. The Bertz CT molecular complexity index is 579. The third-order valence-electron chi connectivity index (χ3n) is 3.06. The maximum Gasteiger partial charge on any atom is 0.253 e. The zero-order chi connectivity index (χ0) is 14.4. The number of hydrogen-bond donors (Lipinski definition) is 2. The molecule has 0 saturated carbocycles. The summed E-state index contributed by atoms with van der Waals surface area (Å²) in [6.07, 6.45) is 0.766. The van der Waals surface area contributed by atoms with Gasteiger partial charge >= 0.3 is 0 Å². The average molecular weight is 270 g/mol. The van der Waals surface area contributed by atoms with Gasteiger partial charge < -0.3 is 15.8 Å². The summed E-state index contributed by atoms with van der Waals surface area (Å²) in [6.45, 7) is 0.569. The molecule has 0 spiro atoms. The molecule has 104 valence electrons. The maximum atomic E-state index is 11.9. The Balaban J connectivity index is 1.86. The number of nitrogen functional groups attached to an aromatic ring is 1. The van der Waals surface area contributed by atoms with Crippen molar-refractivity contribution in [1.82, 2.24) is 5.32 Å². The predicted octanol–water partition coefficient (Wildman–Crippen LogP) is 2.25. The van der Waals surface area contributed by atoms with Crippen LogP contribution in [0.25, 0.3) is 0 Å². The van der Waals surface area contributed by atoms with Crippen molar-refractivity contribution in [1.29, 1.82) is 0 Å². The van der Waals surface area contributed by atoms with E-state index in [0.717, 1.165) is 17.7 Å². The van der Waals surface area contributed by atoms with Gasteiger partial charge in [-0.3, -0.25) is 4.79 Å². The second-order valence-electron chi connectivity index (χ2n) is 4.44. The van der Waals surface area contributed by atoms with Crippen LogP contribution < -0.4 is 15.8 Å². The number of ether oxygens (including phenoxy) is 1. The first-order chi connectivity index (χ1) is 9.70. The first-order valence-electron chi connectivity index (χ1n) is 6.46. The molecule has 0 aromatic heterocycles. The number of nitrogens with one attached hydrogen (secondary N) is 1. The van der Waals surface area contributed by atoms with E-state index in [9.17, 15) is 4.79 Å². The van der Waals surface area contributed by atoms with Crippen molar-refractivity contribution in [3.8, 4) is 5.75 Å². The molecule has 1 amide bonds. The fourth-order valence-electron chi connectivity index (χ4n) is 1.91. The van der Waals surface area contributed by atoms with Crippen molar-refractivity contribution in [2.45, 2.75) is 6.42 Å². The zero-order valence-electron chi connectivity index (χ0n) is 11.4. The number of carbonyl (C=O) groups is 1. The Labute approximate surface area is 118 Å². The smallest absolute Gasteiger partial charge is 0.253 e.